The van der Waals surface area contributed by atoms with Gasteiger partial charge in [-0.3, -0.25) is 0 Å². The molecule has 0 aliphatic heterocycles. The van der Waals surface area contributed by atoms with Gasteiger partial charge in [-0.25, -0.2) is 4.98 Å². The number of pyridine rings is 1. The molecule has 2 N–H and O–H groups in total. The van der Waals surface area contributed by atoms with Gasteiger partial charge < -0.3 is 10.5 Å². The van der Waals surface area contributed by atoms with Crippen LogP contribution in [0.1, 0.15) is 11.1 Å². The van der Waals surface area contributed by atoms with E-state index in [-0.39, 0.29) is 0 Å². The van der Waals surface area contributed by atoms with E-state index in [0.29, 0.717) is 23.2 Å². The molecule has 0 fully saturated rings. The van der Waals surface area contributed by atoms with Crippen molar-refractivity contribution in [1.29, 1.82) is 0 Å². The van der Waals surface area contributed by atoms with Crippen LogP contribution in [0, 0.1) is 6.92 Å². The molecule has 0 aliphatic carbocycles. The lowest BCUT2D eigenvalue weighted by atomic mass is 10.2. The van der Waals surface area contributed by atoms with Crippen LogP contribution in [-0.4, -0.2) is 4.98 Å². The molecule has 0 unspecified atom stereocenters. The first kappa shape index (κ1) is 11.9. The number of aryl methyl sites for hydroxylation is 1. The van der Waals surface area contributed by atoms with Gasteiger partial charge in [0.15, 0.2) is 0 Å². The van der Waals surface area contributed by atoms with Crippen molar-refractivity contribution in [2.45, 2.75) is 13.5 Å². The van der Waals surface area contributed by atoms with E-state index in [9.17, 15) is 0 Å². The molecular formula is C13H13ClN2O. The predicted octanol–water partition coefficient (Wildman–Crippen LogP) is 3.29. The molecule has 0 atom stereocenters. The second kappa shape index (κ2) is 5.17. The first-order chi connectivity index (χ1) is 8.20. The molecule has 0 saturated carbocycles. The Balaban J connectivity index is 2.28. The number of hydrogen-bond donors (Lipinski definition) is 1. The van der Waals surface area contributed by atoms with Gasteiger partial charge in [-0.15, -0.1) is 0 Å². The van der Waals surface area contributed by atoms with Crippen LogP contribution in [-0.2, 0) is 6.54 Å². The first-order valence-electron chi connectivity index (χ1n) is 5.28. The topological polar surface area (TPSA) is 48.1 Å². The highest BCUT2D eigenvalue weighted by Crippen LogP contribution is 2.30. The van der Waals surface area contributed by atoms with Crippen LogP contribution in [0.25, 0.3) is 0 Å². The number of rotatable bonds is 3. The molecule has 88 valence electrons. The van der Waals surface area contributed by atoms with Gasteiger partial charge in [0.1, 0.15) is 5.75 Å². The van der Waals surface area contributed by atoms with Crippen LogP contribution in [0.3, 0.4) is 0 Å². The van der Waals surface area contributed by atoms with Crippen molar-refractivity contribution < 1.29 is 4.74 Å². The van der Waals surface area contributed by atoms with Crippen molar-refractivity contribution in [1.82, 2.24) is 4.98 Å². The minimum Gasteiger partial charge on any atom is -0.437 e. The summed E-state index contributed by atoms with van der Waals surface area (Å²) in [4.78, 5) is 4.15. The highest BCUT2D eigenvalue weighted by Gasteiger charge is 2.06. The quantitative estimate of drug-likeness (QED) is 0.907. The Morgan fingerprint density at radius 1 is 1.35 bits per heavy atom. The van der Waals surface area contributed by atoms with Crippen LogP contribution >= 0.6 is 11.6 Å². The summed E-state index contributed by atoms with van der Waals surface area (Å²) in [7, 11) is 0. The van der Waals surface area contributed by atoms with Gasteiger partial charge in [0.2, 0.25) is 5.88 Å². The summed E-state index contributed by atoms with van der Waals surface area (Å²) in [5.41, 5.74) is 7.47. The lowest BCUT2D eigenvalue weighted by Crippen LogP contribution is -1.97. The van der Waals surface area contributed by atoms with Gasteiger partial charge in [-0.1, -0.05) is 23.7 Å². The molecule has 0 bridgehead atoms. The summed E-state index contributed by atoms with van der Waals surface area (Å²) < 4.78 is 5.66. The zero-order valence-corrected chi connectivity index (χ0v) is 10.2. The Bertz CT molecular complexity index is 529. The number of halogens is 1. The number of ether oxygens (including phenoxy) is 1. The number of hydrogen-bond acceptors (Lipinski definition) is 3. The number of nitrogens with two attached hydrogens (primary N) is 1. The SMILES string of the molecule is Cc1cccnc1Oc1ccc(CN)cc1Cl. The van der Waals surface area contributed by atoms with Crippen LogP contribution < -0.4 is 10.5 Å². The summed E-state index contributed by atoms with van der Waals surface area (Å²) in [6, 6.07) is 9.29. The van der Waals surface area contributed by atoms with E-state index in [1.165, 1.54) is 0 Å². The van der Waals surface area contributed by atoms with Gasteiger partial charge in [0.25, 0.3) is 0 Å². The molecule has 2 aromatic rings. The standard InChI is InChI=1S/C13H13ClN2O/c1-9-3-2-6-16-13(9)17-12-5-4-10(8-15)7-11(12)14/h2-7H,8,15H2,1H3. The third-order valence-electron chi connectivity index (χ3n) is 2.40. The maximum Gasteiger partial charge on any atom is 0.222 e. The fourth-order valence-electron chi connectivity index (χ4n) is 1.44. The molecule has 4 heteroatoms. The van der Waals surface area contributed by atoms with Crippen LogP contribution in [0.15, 0.2) is 36.5 Å². The molecule has 0 radical (unpaired) electrons. The minimum absolute atomic E-state index is 0.461. The number of aromatic nitrogens is 1. The van der Waals surface area contributed by atoms with E-state index in [0.717, 1.165) is 11.1 Å². The van der Waals surface area contributed by atoms with E-state index in [2.05, 4.69) is 4.98 Å². The second-order valence-electron chi connectivity index (χ2n) is 3.70. The van der Waals surface area contributed by atoms with E-state index < -0.39 is 0 Å². The maximum absolute atomic E-state index is 6.10. The third kappa shape index (κ3) is 2.75. The molecule has 0 spiro atoms. The molecule has 1 aromatic heterocycles. The van der Waals surface area contributed by atoms with E-state index in [4.69, 9.17) is 22.1 Å². The Kier molecular flexibility index (Phi) is 3.61. The predicted molar refractivity (Wildman–Crippen MR) is 68.4 cm³/mol. The molecule has 2 rings (SSSR count). The summed E-state index contributed by atoms with van der Waals surface area (Å²) in [5, 5.41) is 0.540. The van der Waals surface area contributed by atoms with Crippen molar-refractivity contribution in [3.63, 3.8) is 0 Å². The third-order valence-corrected chi connectivity index (χ3v) is 2.70. The Morgan fingerprint density at radius 2 is 2.18 bits per heavy atom. The molecule has 0 aliphatic rings. The van der Waals surface area contributed by atoms with Gasteiger partial charge in [0.05, 0.1) is 5.02 Å². The highest BCUT2D eigenvalue weighted by molar-refractivity contribution is 6.32. The van der Waals surface area contributed by atoms with Crippen molar-refractivity contribution in [3.05, 3.63) is 52.7 Å². The summed E-state index contributed by atoms with van der Waals surface area (Å²) in [6.45, 7) is 2.40. The van der Waals surface area contributed by atoms with Crippen LogP contribution in [0.5, 0.6) is 11.6 Å². The maximum atomic E-state index is 6.10. The van der Waals surface area contributed by atoms with Gasteiger partial charge in [-0.2, -0.15) is 0 Å². The smallest absolute Gasteiger partial charge is 0.222 e. The fraction of sp³-hybridized carbons (Fsp3) is 0.154. The fourth-order valence-corrected chi connectivity index (χ4v) is 1.68. The molecule has 1 heterocycles. The summed E-state index contributed by atoms with van der Waals surface area (Å²) in [6.07, 6.45) is 1.69. The average Bonchev–Trinajstić information content (AvgIpc) is 2.34. The van der Waals surface area contributed by atoms with Crippen molar-refractivity contribution in [2.75, 3.05) is 0 Å². The van der Waals surface area contributed by atoms with Crippen molar-refractivity contribution in [3.8, 4) is 11.6 Å². The molecule has 17 heavy (non-hydrogen) atoms. The van der Waals surface area contributed by atoms with Crippen molar-refractivity contribution in [2.24, 2.45) is 5.73 Å². The van der Waals surface area contributed by atoms with E-state index in [1.54, 1.807) is 18.3 Å². The van der Waals surface area contributed by atoms with Gasteiger partial charge in [-0.05, 0) is 30.7 Å². The molecule has 0 saturated heterocycles. The Morgan fingerprint density at radius 3 is 2.82 bits per heavy atom. The Hall–Kier alpha value is -1.58. The summed E-state index contributed by atoms with van der Waals surface area (Å²) in [5.74, 6) is 1.15. The monoisotopic (exact) mass is 248 g/mol. The summed E-state index contributed by atoms with van der Waals surface area (Å²) >= 11 is 6.10. The largest absolute Gasteiger partial charge is 0.437 e. The van der Waals surface area contributed by atoms with Crippen molar-refractivity contribution >= 4 is 11.6 Å². The normalized spacial score (nSPS) is 10.3. The van der Waals surface area contributed by atoms with E-state index in [1.807, 2.05) is 25.1 Å². The lowest BCUT2D eigenvalue weighted by Gasteiger charge is -2.09. The zero-order chi connectivity index (χ0) is 12.3. The zero-order valence-electron chi connectivity index (χ0n) is 9.48. The molecule has 1 aromatic carbocycles. The molecule has 3 nitrogen and oxygen atoms in total. The van der Waals surface area contributed by atoms with Gasteiger partial charge >= 0.3 is 0 Å². The first-order valence-corrected chi connectivity index (χ1v) is 5.66. The Labute approximate surface area is 105 Å². The molecular weight excluding hydrogens is 236 g/mol. The molecule has 0 amide bonds. The van der Waals surface area contributed by atoms with Crippen LogP contribution in [0.2, 0.25) is 5.02 Å². The highest BCUT2D eigenvalue weighted by atomic mass is 35.5. The second-order valence-corrected chi connectivity index (χ2v) is 4.10. The minimum atomic E-state index is 0.461. The van der Waals surface area contributed by atoms with Gasteiger partial charge in [0, 0.05) is 18.3 Å². The number of nitrogens with zero attached hydrogens (tertiary/aromatic N) is 1. The van der Waals surface area contributed by atoms with E-state index >= 15 is 0 Å². The number of benzene rings is 1. The van der Waals surface area contributed by atoms with Crippen LogP contribution in [0.4, 0.5) is 0 Å². The lowest BCUT2D eigenvalue weighted by molar-refractivity contribution is 0.459. The average molecular weight is 249 g/mol.